The maximum atomic E-state index is 11.7. The zero-order valence-electron chi connectivity index (χ0n) is 8.81. The predicted octanol–water partition coefficient (Wildman–Crippen LogP) is 3.35. The van der Waals surface area contributed by atoms with Crippen LogP contribution in [0.15, 0.2) is 12.2 Å². The molecule has 0 saturated heterocycles. The molecule has 0 aromatic carbocycles. The van der Waals surface area contributed by atoms with E-state index in [0.717, 1.165) is 18.4 Å². The van der Waals surface area contributed by atoms with Gasteiger partial charge in [0.05, 0.1) is 0 Å². The van der Waals surface area contributed by atoms with Gasteiger partial charge in [0.15, 0.2) is 0 Å². The molecular weight excluding hydrogens is 160 g/mol. The van der Waals surface area contributed by atoms with Gasteiger partial charge < -0.3 is 0 Å². The van der Waals surface area contributed by atoms with Crippen molar-refractivity contribution in [3.05, 3.63) is 12.2 Å². The average molecular weight is 180 g/mol. The summed E-state index contributed by atoms with van der Waals surface area (Å²) in [6, 6.07) is 0. The third kappa shape index (κ3) is 2.98. The molecule has 1 heteroatoms. The van der Waals surface area contributed by atoms with Crippen LogP contribution in [-0.2, 0) is 4.79 Å². The highest BCUT2D eigenvalue weighted by Gasteiger charge is 2.28. The molecule has 0 aromatic heterocycles. The predicted molar refractivity (Wildman–Crippen MR) is 55.6 cm³/mol. The lowest BCUT2D eigenvalue weighted by molar-refractivity contribution is -0.123. The number of hydrogen-bond acceptors (Lipinski definition) is 1. The van der Waals surface area contributed by atoms with E-state index in [1.807, 2.05) is 6.92 Å². The van der Waals surface area contributed by atoms with Gasteiger partial charge in [-0.1, -0.05) is 18.9 Å². The van der Waals surface area contributed by atoms with Crippen molar-refractivity contribution in [2.75, 3.05) is 0 Å². The molecule has 13 heavy (non-hydrogen) atoms. The number of Topliss-reactive ketones (excluding diaryl/α,β-unsaturated/α-hetero) is 1. The molecule has 1 aliphatic carbocycles. The topological polar surface area (TPSA) is 17.1 Å². The summed E-state index contributed by atoms with van der Waals surface area (Å²) in [5, 5.41) is 0. The average Bonchev–Trinajstić information content (AvgIpc) is 2.47. The van der Waals surface area contributed by atoms with E-state index < -0.39 is 0 Å². The lowest BCUT2D eigenvalue weighted by atomic mass is 9.90. The molecule has 2 atom stereocenters. The highest BCUT2D eigenvalue weighted by Crippen LogP contribution is 2.32. The van der Waals surface area contributed by atoms with Crippen molar-refractivity contribution in [1.82, 2.24) is 0 Å². The first-order valence-electron chi connectivity index (χ1n) is 5.28. The van der Waals surface area contributed by atoms with Gasteiger partial charge in [0, 0.05) is 12.3 Å². The van der Waals surface area contributed by atoms with E-state index in [1.54, 1.807) is 0 Å². The maximum Gasteiger partial charge on any atom is 0.136 e. The van der Waals surface area contributed by atoms with Crippen LogP contribution in [0.2, 0.25) is 0 Å². The minimum Gasteiger partial charge on any atom is -0.299 e. The van der Waals surface area contributed by atoms with Crippen molar-refractivity contribution >= 4 is 5.78 Å². The zero-order chi connectivity index (χ0) is 9.84. The van der Waals surface area contributed by atoms with Crippen LogP contribution in [-0.4, -0.2) is 5.78 Å². The summed E-state index contributed by atoms with van der Waals surface area (Å²) in [6.45, 7) is 8.02. The molecule has 1 rings (SSSR count). The number of hydrogen-bond donors (Lipinski definition) is 0. The Hall–Kier alpha value is -0.590. The van der Waals surface area contributed by atoms with Gasteiger partial charge in [0.25, 0.3) is 0 Å². The van der Waals surface area contributed by atoms with Crippen molar-refractivity contribution in [3.8, 4) is 0 Å². The Bertz CT molecular complexity index is 205. The van der Waals surface area contributed by atoms with Gasteiger partial charge in [-0.2, -0.15) is 0 Å². The van der Waals surface area contributed by atoms with Gasteiger partial charge in [-0.05, 0) is 32.1 Å². The molecule has 0 amide bonds. The van der Waals surface area contributed by atoms with E-state index in [1.165, 1.54) is 12.8 Å². The second kappa shape index (κ2) is 4.59. The lowest BCUT2D eigenvalue weighted by Gasteiger charge is -2.13. The first-order chi connectivity index (χ1) is 6.11. The fourth-order valence-corrected chi connectivity index (χ4v) is 2.15. The van der Waals surface area contributed by atoms with E-state index in [-0.39, 0.29) is 0 Å². The van der Waals surface area contributed by atoms with Crippen molar-refractivity contribution in [1.29, 1.82) is 0 Å². The molecule has 2 unspecified atom stereocenters. The molecule has 0 spiro atoms. The minimum absolute atomic E-state index is 0.361. The standard InChI is InChI=1S/C12H20O/c1-9(2)7-8-12(13)11-6-4-5-10(11)3/h10-11H,1,4-8H2,2-3H3. The lowest BCUT2D eigenvalue weighted by Crippen LogP contribution is -2.16. The smallest absolute Gasteiger partial charge is 0.136 e. The minimum atomic E-state index is 0.361. The Kier molecular flexibility index (Phi) is 3.71. The number of rotatable bonds is 4. The second-order valence-electron chi connectivity index (χ2n) is 4.44. The Morgan fingerprint density at radius 1 is 1.38 bits per heavy atom. The monoisotopic (exact) mass is 180 g/mol. The van der Waals surface area contributed by atoms with Gasteiger partial charge in [-0.15, -0.1) is 6.58 Å². The van der Waals surface area contributed by atoms with Gasteiger partial charge in [-0.3, -0.25) is 4.79 Å². The molecule has 0 heterocycles. The van der Waals surface area contributed by atoms with E-state index >= 15 is 0 Å². The van der Waals surface area contributed by atoms with Crippen LogP contribution >= 0.6 is 0 Å². The second-order valence-corrected chi connectivity index (χ2v) is 4.44. The van der Waals surface area contributed by atoms with Gasteiger partial charge in [0.1, 0.15) is 5.78 Å². The van der Waals surface area contributed by atoms with Gasteiger partial charge >= 0.3 is 0 Å². The van der Waals surface area contributed by atoms with Crippen LogP contribution in [0, 0.1) is 11.8 Å². The number of ketones is 1. The van der Waals surface area contributed by atoms with Crippen LogP contribution < -0.4 is 0 Å². The van der Waals surface area contributed by atoms with Gasteiger partial charge in [0.2, 0.25) is 0 Å². The van der Waals surface area contributed by atoms with E-state index in [0.29, 0.717) is 24.0 Å². The Balaban J connectivity index is 2.34. The highest BCUT2D eigenvalue weighted by molar-refractivity contribution is 5.81. The Morgan fingerprint density at radius 3 is 2.54 bits per heavy atom. The van der Waals surface area contributed by atoms with Crippen LogP contribution in [0.1, 0.15) is 46.0 Å². The van der Waals surface area contributed by atoms with E-state index in [9.17, 15) is 4.79 Å². The first kappa shape index (κ1) is 10.5. The third-order valence-electron chi connectivity index (χ3n) is 3.07. The highest BCUT2D eigenvalue weighted by atomic mass is 16.1. The number of allylic oxidation sites excluding steroid dienone is 1. The third-order valence-corrected chi connectivity index (χ3v) is 3.07. The fraction of sp³-hybridized carbons (Fsp3) is 0.750. The molecular formula is C12H20O. The zero-order valence-corrected chi connectivity index (χ0v) is 8.81. The van der Waals surface area contributed by atoms with Crippen LogP contribution in [0.3, 0.4) is 0 Å². The molecule has 1 nitrogen and oxygen atoms in total. The first-order valence-corrected chi connectivity index (χ1v) is 5.28. The number of carbonyl (C=O) groups excluding carboxylic acids is 1. The van der Waals surface area contributed by atoms with Crippen molar-refractivity contribution in [2.45, 2.75) is 46.0 Å². The fourth-order valence-electron chi connectivity index (χ4n) is 2.15. The quantitative estimate of drug-likeness (QED) is 0.606. The summed E-state index contributed by atoms with van der Waals surface area (Å²) < 4.78 is 0. The summed E-state index contributed by atoms with van der Waals surface area (Å²) in [7, 11) is 0. The molecule has 1 aliphatic rings. The number of carbonyl (C=O) groups is 1. The van der Waals surface area contributed by atoms with Crippen LogP contribution in [0.25, 0.3) is 0 Å². The maximum absolute atomic E-state index is 11.7. The molecule has 0 aliphatic heterocycles. The summed E-state index contributed by atoms with van der Waals surface area (Å²) in [5.74, 6) is 1.45. The van der Waals surface area contributed by atoms with Gasteiger partial charge in [-0.25, -0.2) is 0 Å². The van der Waals surface area contributed by atoms with Crippen molar-refractivity contribution < 1.29 is 4.79 Å². The van der Waals surface area contributed by atoms with Crippen LogP contribution in [0.4, 0.5) is 0 Å². The Morgan fingerprint density at radius 2 is 2.08 bits per heavy atom. The molecule has 0 aromatic rings. The SMILES string of the molecule is C=C(C)CCC(=O)C1CCCC1C. The summed E-state index contributed by atoms with van der Waals surface area (Å²) in [5.41, 5.74) is 1.12. The largest absolute Gasteiger partial charge is 0.299 e. The van der Waals surface area contributed by atoms with Crippen LogP contribution in [0.5, 0.6) is 0 Å². The summed E-state index contributed by atoms with van der Waals surface area (Å²) in [4.78, 5) is 11.7. The molecule has 1 saturated carbocycles. The molecule has 74 valence electrons. The van der Waals surface area contributed by atoms with E-state index in [4.69, 9.17) is 0 Å². The molecule has 0 radical (unpaired) electrons. The van der Waals surface area contributed by atoms with E-state index in [2.05, 4.69) is 13.5 Å². The summed E-state index contributed by atoms with van der Waals surface area (Å²) in [6.07, 6.45) is 5.19. The molecule has 0 N–H and O–H groups in total. The van der Waals surface area contributed by atoms with Crippen molar-refractivity contribution in [3.63, 3.8) is 0 Å². The molecule has 1 fully saturated rings. The van der Waals surface area contributed by atoms with Crippen molar-refractivity contribution in [2.24, 2.45) is 11.8 Å². The molecule has 0 bridgehead atoms. The summed E-state index contributed by atoms with van der Waals surface area (Å²) >= 11 is 0. The Labute approximate surface area is 81.2 Å². The normalized spacial score (nSPS) is 27.5.